The van der Waals surface area contributed by atoms with Gasteiger partial charge in [0.05, 0.1) is 24.1 Å². The Bertz CT molecular complexity index is 1030. The molecule has 1 aromatic carbocycles. The molecule has 0 bridgehead atoms. The van der Waals surface area contributed by atoms with Gasteiger partial charge in [0.1, 0.15) is 11.6 Å². The van der Waals surface area contributed by atoms with E-state index in [1.54, 1.807) is 12.5 Å². The highest BCUT2D eigenvalue weighted by atomic mass is 35.5. The van der Waals surface area contributed by atoms with Crippen molar-refractivity contribution in [2.45, 2.75) is 38.8 Å². The summed E-state index contributed by atoms with van der Waals surface area (Å²) >= 11 is 0. The van der Waals surface area contributed by atoms with Gasteiger partial charge in [0, 0.05) is 44.5 Å². The predicted octanol–water partition coefficient (Wildman–Crippen LogP) is 2.74. The molecule has 1 N–H and O–H groups in total. The molecule has 1 amide bonds. The quantitative estimate of drug-likeness (QED) is 0.645. The van der Waals surface area contributed by atoms with Crippen LogP contribution in [0, 0.1) is 6.92 Å². The van der Waals surface area contributed by atoms with Gasteiger partial charge in [0.2, 0.25) is 0 Å². The molecule has 31 heavy (non-hydrogen) atoms. The summed E-state index contributed by atoms with van der Waals surface area (Å²) in [5.41, 5.74) is 2.68. The van der Waals surface area contributed by atoms with E-state index in [2.05, 4.69) is 25.1 Å². The van der Waals surface area contributed by atoms with Gasteiger partial charge in [0.15, 0.2) is 0 Å². The molecule has 1 saturated heterocycles. The Morgan fingerprint density at radius 1 is 1.13 bits per heavy atom. The van der Waals surface area contributed by atoms with Gasteiger partial charge in [-0.3, -0.25) is 4.79 Å². The van der Waals surface area contributed by atoms with Crippen molar-refractivity contribution in [3.05, 3.63) is 59.7 Å². The van der Waals surface area contributed by atoms with Crippen LogP contribution in [0.4, 0.5) is 0 Å². The van der Waals surface area contributed by atoms with E-state index in [-0.39, 0.29) is 30.7 Å². The number of fused-ring (bicyclic) bond motifs is 1. The van der Waals surface area contributed by atoms with Gasteiger partial charge in [0.25, 0.3) is 5.91 Å². The van der Waals surface area contributed by atoms with Gasteiger partial charge >= 0.3 is 0 Å². The van der Waals surface area contributed by atoms with Crippen LogP contribution in [-0.4, -0.2) is 54.8 Å². The van der Waals surface area contributed by atoms with Crippen LogP contribution >= 0.6 is 24.8 Å². The van der Waals surface area contributed by atoms with Gasteiger partial charge in [-0.05, 0) is 31.9 Å². The van der Waals surface area contributed by atoms with E-state index in [0.29, 0.717) is 5.92 Å². The van der Waals surface area contributed by atoms with Gasteiger partial charge in [-0.15, -0.1) is 35.0 Å². The zero-order valence-corrected chi connectivity index (χ0v) is 19.0. The molecule has 1 fully saturated rings. The third-order valence-electron chi connectivity index (χ3n) is 5.96. The molecule has 0 saturated carbocycles. The summed E-state index contributed by atoms with van der Waals surface area (Å²) in [6.45, 7) is 6.16. The number of carbonyl (C=O) groups is 1. The first-order valence-corrected chi connectivity index (χ1v) is 10.2. The van der Waals surface area contributed by atoms with Crippen molar-refractivity contribution in [2.75, 3.05) is 19.6 Å². The lowest BCUT2D eigenvalue weighted by atomic mass is 9.95. The number of rotatable bonds is 3. The fourth-order valence-corrected chi connectivity index (χ4v) is 4.38. The molecule has 5 rings (SSSR count). The summed E-state index contributed by atoms with van der Waals surface area (Å²) < 4.78 is 4.16. The average Bonchev–Trinajstić information content (AvgIpc) is 3.43. The van der Waals surface area contributed by atoms with Crippen LogP contribution in [0.2, 0.25) is 0 Å². The number of nitrogens with one attached hydrogen (secondary N) is 1. The SMILES string of the molecule is Cc1ccc(-n2ccnc2)c(C(=O)N2CCC(c3nnc4n3CCNC4)CC2)c1.Cl.Cl. The minimum atomic E-state index is 0. The van der Waals surface area contributed by atoms with E-state index in [0.717, 1.165) is 74.0 Å². The molecule has 2 aliphatic rings. The smallest absolute Gasteiger partial charge is 0.255 e. The molecule has 8 nitrogen and oxygen atoms in total. The number of piperidine rings is 1. The van der Waals surface area contributed by atoms with Crippen LogP contribution in [0.5, 0.6) is 0 Å². The molecule has 2 aliphatic heterocycles. The van der Waals surface area contributed by atoms with E-state index >= 15 is 0 Å². The lowest BCUT2D eigenvalue weighted by molar-refractivity contribution is 0.0710. The number of amides is 1. The van der Waals surface area contributed by atoms with Crippen LogP contribution in [0.15, 0.2) is 36.9 Å². The second kappa shape index (κ2) is 9.80. The molecular weight excluding hydrogens is 437 g/mol. The first kappa shape index (κ1) is 23.2. The van der Waals surface area contributed by atoms with Crippen molar-refractivity contribution in [3.8, 4) is 5.69 Å². The fourth-order valence-electron chi connectivity index (χ4n) is 4.38. The standard InChI is InChI=1S/C21H25N7O.2ClH/c1-15-2-3-18(27-10-6-23-14-27)17(12-15)21(29)26-8-4-16(5-9-26)20-25-24-19-13-22-7-11-28(19)20;;/h2-3,6,10,12,14,16,22H,4-5,7-9,11,13H2,1H3;2*1H. The summed E-state index contributed by atoms with van der Waals surface area (Å²) in [5.74, 6) is 2.56. The minimum absolute atomic E-state index is 0. The molecule has 0 radical (unpaired) electrons. The number of hydrogen-bond acceptors (Lipinski definition) is 5. The zero-order valence-electron chi connectivity index (χ0n) is 17.4. The average molecular weight is 464 g/mol. The lowest BCUT2D eigenvalue weighted by Crippen LogP contribution is -2.39. The Morgan fingerprint density at radius 2 is 1.94 bits per heavy atom. The van der Waals surface area contributed by atoms with Gasteiger partial charge in [-0.2, -0.15) is 0 Å². The van der Waals surface area contributed by atoms with E-state index in [1.165, 1.54) is 0 Å². The number of hydrogen-bond donors (Lipinski definition) is 1. The number of halogens is 2. The molecular formula is C21H27Cl2N7O. The molecule has 4 heterocycles. The van der Waals surface area contributed by atoms with E-state index in [1.807, 2.05) is 40.8 Å². The minimum Gasteiger partial charge on any atom is -0.339 e. The lowest BCUT2D eigenvalue weighted by Gasteiger charge is -2.32. The van der Waals surface area contributed by atoms with Crippen molar-refractivity contribution in [2.24, 2.45) is 0 Å². The predicted molar refractivity (Wildman–Crippen MR) is 122 cm³/mol. The Morgan fingerprint density at radius 3 is 2.68 bits per heavy atom. The van der Waals surface area contributed by atoms with Crippen LogP contribution in [0.3, 0.4) is 0 Å². The molecule has 10 heteroatoms. The van der Waals surface area contributed by atoms with Gasteiger partial charge in [-0.1, -0.05) is 11.6 Å². The molecule has 3 aromatic rings. The Labute approximate surface area is 193 Å². The summed E-state index contributed by atoms with van der Waals surface area (Å²) in [5, 5.41) is 12.1. The Balaban J connectivity index is 0.00000136. The third kappa shape index (κ3) is 4.46. The van der Waals surface area contributed by atoms with Crippen molar-refractivity contribution in [1.29, 1.82) is 0 Å². The van der Waals surface area contributed by atoms with Crippen molar-refractivity contribution >= 4 is 30.7 Å². The molecule has 2 aromatic heterocycles. The number of likely N-dealkylation sites (tertiary alicyclic amines) is 1. The summed E-state index contributed by atoms with van der Waals surface area (Å²) in [7, 11) is 0. The Hall–Kier alpha value is -2.42. The molecule has 0 spiro atoms. The van der Waals surface area contributed by atoms with Crippen LogP contribution in [-0.2, 0) is 13.1 Å². The fraction of sp³-hybridized carbons (Fsp3) is 0.429. The first-order chi connectivity index (χ1) is 14.2. The third-order valence-corrected chi connectivity index (χ3v) is 5.96. The van der Waals surface area contributed by atoms with Gasteiger partial charge in [-0.25, -0.2) is 4.98 Å². The van der Waals surface area contributed by atoms with E-state index < -0.39 is 0 Å². The van der Waals surface area contributed by atoms with Crippen LogP contribution < -0.4 is 5.32 Å². The van der Waals surface area contributed by atoms with E-state index in [4.69, 9.17) is 0 Å². The van der Waals surface area contributed by atoms with Crippen molar-refractivity contribution in [3.63, 3.8) is 0 Å². The molecule has 0 unspecified atom stereocenters. The van der Waals surface area contributed by atoms with Crippen molar-refractivity contribution < 1.29 is 4.79 Å². The summed E-state index contributed by atoms with van der Waals surface area (Å²) in [4.78, 5) is 19.4. The summed E-state index contributed by atoms with van der Waals surface area (Å²) in [6.07, 6.45) is 7.18. The van der Waals surface area contributed by atoms with Gasteiger partial charge < -0.3 is 19.4 Å². The molecule has 0 aliphatic carbocycles. The maximum atomic E-state index is 13.3. The normalized spacial score (nSPS) is 16.2. The maximum absolute atomic E-state index is 13.3. The highest BCUT2D eigenvalue weighted by Crippen LogP contribution is 2.29. The number of benzene rings is 1. The van der Waals surface area contributed by atoms with E-state index in [9.17, 15) is 4.79 Å². The zero-order chi connectivity index (χ0) is 19.8. The van der Waals surface area contributed by atoms with Crippen LogP contribution in [0.1, 0.15) is 46.3 Å². The Kier molecular flexibility index (Phi) is 7.35. The van der Waals surface area contributed by atoms with Crippen LogP contribution in [0.25, 0.3) is 5.69 Å². The second-order valence-corrected chi connectivity index (χ2v) is 7.86. The number of imidazole rings is 1. The maximum Gasteiger partial charge on any atom is 0.255 e. The highest BCUT2D eigenvalue weighted by molar-refractivity contribution is 5.98. The topological polar surface area (TPSA) is 80.9 Å². The number of aryl methyl sites for hydroxylation is 1. The molecule has 0 atom stereocenters. The first-order valence-electron chi connectivity index (χ1n) is 10.2. The number of aromatic nitrogens is 5. The summed E-state index contributed by atoms with van der Waals surface area (Å²) in [6, 6.07) is 6.00. The molecule has 166 valence electrons. The number of carbonyl (C=O) groups excluding carboxylic acids is 1. The van der Waals surface area contributed by atoms with Crippen molar-refractivity contribution in [1.82, 2.24) is 34.5 Å². The number of nitrogens with zero attached hydrogens (tertiary/aromatic N) is 6. The largest absolute Gasteiger partial charge is 0.339 e. The highest BCUT2D eigenvalue weighted by Gasteiger charge is 2.30. The monoisotopic (exact) mass is 463 g/mol. The second-order valence-electron chi connectivity index (χ2n) is 7.86.